The van der Waals surface area contributed by atoms with Crippen LogP contribution in [-0.4, -0.2) is 6.36 Å². The summed E-state index contributed by atoms with van der Waals surface area (Å²) in [7, 11) is 0. The number of aryl methyl sites for hydroxylation is 1. The second kappa shape index (κ2) is 5.85. The molecular weight excluding hydrogens is 351 g/mol. The number of benzene rings is 2. The molecule has 0 heterocycles. The number of rotatable bonds is 3. The van der Waals surface area contributed by atoms with Crippen LogP contribution < -0.4 is 15.2 Å². The molecule has 0 fully saturated rings. The van der Waals surface area contributed by atoms with E-state index in [-0.39, 0.29) is 10.2 Å². The first-order chi connectivity index (χ1) is 9.76. The maximum Gasteiger partial charge on any atom is 0.573 e. The third-order valence-electron chi connectivity index (χ3n) is 2.64. The molecule has 0 spiro atoms. The molecule has 0 atom stereocenters. The molecule has 7 heteroatoms. The predicted molar refractivity (Wildman–Crippen MR) is 76.5 cm³/mol. The van der Waals surface area contributed by atoms with Gasteiger partial charge in [0.05, 0.1) is 10.2 Å². The van der Waals surface area contributed by atoms with Gasteiger partial charge in [-0.1, -0.05) is 12.1 Å². The van der Waals surface area contributed by atoms with E-state index >= 15 is 0 Å². The summed E-state index contributed by atoms with van der Waals surface area (Å²) in [4.78, 5) is 0. The topological polar surface area (TPSA) is 44.5 Å². The Labute approximate surface area is 127 Å². The number of anilines is 1. The van der Waals surface area contributed by atoms with E-state index in [1.165, 1.54) is 18.2 Å². The molecule has 112 valence electrons. The van der Waals surface area contributed by atoms with Gasteiger partial charge < -0.3 is 15.2 Å². The highest BCUT2D eigenvalue weighted by Gasteiger charge is 2.32. The van der Waals surface area contributed by atoms with Crippen LogP contribution in [0.1, 0.15) is 5.56 Å². The van der Waals surface area contributed by atoms with Gasteiger partial charge in [0.25, 0.3) is 0 Å². The smallest absolute Gasteiger partial charge is 0.455 e. The number of nitrogen functional groups attached to an aromatic ring is 1. The van der Waals surface area contributed by atoms with Crippen LogP contribution in [0.5, 0.6) is 17.2 Å². The molecule has 2 N–H and O–H groups in total. The molecular formula is C14H11BrF3NO2. The van der Waals surface area contributed by atoms with E-state index in [2.05, 4.69) is 20.7 Å². The Morgan fingerprint density at radius 2 is 1.81 bits per heavy atom. The molecule has 0 saturated heterocycles. The van der Waals surface area contributed by atoms with Crippen molar-refractivity contribution in [2.45, 2.75) is 13.3 Å². The summed E-state index contributed by atoms with van der Waals surface area (Å²) in [5.74, 6) is 0.437. The lowest BCUT2D eigenvalue weighted by Gasteiger charge is -2.13. The zero-order valence-corrected chi connectivity index (χ0v) is 12.5. The van der Waals surface area contributed by atoms with Crippen molar-refractivity contribution in [2.24, 2.45) is 0 Å². The van der Waals surface area contributed by atoms with Crippen molar-refractivity contribution >= 4 is 21.6 Å². The van der Waals surface area contributed by atoms with E-state index in [1.54, 1.807) is 12.1 Å². The lowest BCUT2D eigenvalue weighted by molar-refractivity contribution is -0.274. The molecule has 0 aliphatic heterocycles. The number of para-hydroxylation sites is 1. The van der Waals surface area contributed by atoms with Crippen LogP contribution in [0.25, 0.3) is 0 Å². The molecule has 0 bridgehead atoms. The van der Waals surface area contributed by atoms with Crippen molar-refractivity contribution in [3.8, 4) is 17.2 Å². The minimum Gasteiger partial charge on any atom is -0.455 e. The molecule has 0 aliphatic carbocycles. The van der Waals surface area contributed by atoms with Crippen LogP contribution in [0.3, 0.4) is 0 Å². The van der Waals surface area contributed by atoms with Gasteiger partial charge in [0, 0.05) is 0 Å². The van der Waals surface area contributed by atoms with E-state index in [0.717, 1.165) is 5.56 Å². The van der Waals surface area contributed by atoms with Gasteiger partial charge >= 0.3 is 6.36 Å². The van der Waals surface area contributed by atoms with Crippen LogP contribution in [0.15, 0.2) is 40.9 Å². The van der Waals surface area contributed by atoms with E-state index in [1.807, 2.05) is 13.0 Å². The first kappa shape index (κ1) is 15.5. The summed E-state index contributed by atoms with van der Waals surface area (Å²) in [5, 5.41) is 0. The SMILES string of the molecule is Cc1cccc(Oc2ccc(OC(F)(F)F)c(Br)c2)c1N. The fraction of sp³-hybridized carbons (Fsp3) is 0.143. The molecule has 0 radical (unpaired) electrons. The van der Waals surface area contributed by atoms with Gasteiger partial charge in [-0.2, -0.15) is 0 Å². The van der Waals surface area contributed by atoms with Crippen LogP contribution in [0.4, 0.5) is 18.9 Å². The maximum atomic E-state index is 12.2. The minimum atomic E-state index is -4.74. The van der Waals surface area contributed by atoms with Crippen molar-refractivity contribution in [1.29, 1.82) is 0 Å². The van der Waals surface area contributed by atoms with E-state index in [9.17, 15) is 13.2 Å². The summed E-state index contributed by atoms with van der Waals surface area (Å²) >= 11 is 3.01. The summed E-state index contributed by atoms with van der Waals surface area (Å²) in [6, 6.07) is 9.20. The van der Waals surface area contributed by atoms with Crippen LogP contribution >= 0.6 is 15.9 Å². The zero-order valence-electron chi connectivity index (χ0n) is 10.9. The number of alkyl halides is 3. The number of hydrogen-bond acceptors (Lipinski definition) is 3. The average Bonchev–Trinajstić information content (AvgIpc) is 2.37. The molecule has 2 rings (SSSR count). The Bertz CT molecular complexity index is 659. The second-order valence-electron chi connectivity index (χ2n) is 4.23. The number of hydrogen-bond donors (Lipinski definition) is 1. The van der Waals surface area contributed by atoms with E-state index in [0.29, 0.717) is 17.2 Å². The standard InChI is InChI=1S/C14H11BrF3NO2/c1-8-3-2-4-12(13(8)19)20-9-5-6-11(10(15)7-9)21-14(16,17)18/h2-7H,19H2,1H3. The van der Waals surface area contributed by atoms with Gasteiger partial charge in [-0.05, 0) is 52.7 Å². The predicted octanol–water partition coefficient (Wildman–Crippen LogP) is 5.03. The summed E-state index contributed by atoms with van der Waals surface area (Å²) in [6.07, 6.45) is -4.74. The second-order valence-corrected chi connectivity index (χ2v) is 5.08. The van der Waals surface area contributed by atoms with Crippen molar-refractivity contribution in [3.63, 3.8) is 0 Å². The van der Waals surface area contributed by atoms with Gasteiger partial charge in [-0.15, -0.1) is 13.2 Å². The van der Waals surface area contributed by atoms with E-state index < -0.39 is 6.36 Å². The van der Waals surface area contributed by atoms with Gasteiger partial charge in [-0.3, -0.25) is 0 Å². The maximum absolute atomic E-state index is 12.2. The average molecular weight is 362 g/mol. The third kappa shape index (κ3) is 4.04. The highest BCUT2D eigenvalue weighted by molar-refractivity contribution is 9.10. The molecule has 21 heavy (non-hydrogen) atoms. The summed E-state index contributed by atoms with van der Waals surface area (Å²) < 4.78 is 46.1. The van der Waals surface area contributed by atoms with Crippen LogP contribution in [0.2, 0.25) is 0 Å². The highest BCUT2D eigenvalue weighted by atomic mass is 79.9. The first-order valence-electron chi connectivity index (χ1n) is 5.84. The Morgan fingerprint density at radius 3 is 2.43 bits per heavy atom. The van der Waals surface area contributed by atoms with Crippen LogP contribution in [-0.2, 0) is 0 Å². The Hall–Kier alpha value is -1.89. The molecule has 0 unspecified atom stereocenters. The molecule has 0 amide bonds. The van der Waals surface area contributed by atoms with Gasteiger partial charge in [0.15, 0.2) is 5.75 Å². The van der Waals surface area contributed by atoms with Crippen molar-refractivity contribution in [3.05, 3.63) is 46.4 Å². The van der Waals surface area contributed by atoms with Gasteiger partial charge in [0.2, 0.25) is 0 Å². The molecule has 0 aromatic heterocycles. The third-order valence-corrected chi connectivity index (χ3v) is 3.26. The molecule has 2 aromatic carbocycles. The highest BCUT2D eigenvalue weighted by Crippen LogP contribution is 2.36. The van der Waals surface area contributed by atoms with Crippen LogP contribution in [0, 0.1) is 6.92 Å². The molecule has 2 aromatic rings. The van der Waals surface area contributed by atoms with Crippen molar-refractivity contribution < 1.29 is 22.6 Å². The van der Waals surface area contributed by atoms with Crippen molar-refractivity contribution in [1.82, 2.24) is 0 Å². The quantitative estimate of drug-likeness (QED) is 0.779. The molecule has 0 saturated carbocycles. The van der Waals surface area contributed by atoms with E-state index in [4.69, 9.17) is 10.5 Å². The molecule has 0 aliphatic rings. The monoisotopic (exact) mass is 361 g/mol. The van der Waals surface area contributed by atoms with Crippen molar-refractivity contribution in [2.75, 3.05) is 5.73 Å². The Morgan fingerprint density at radius 1 is 1.10 bits per heavy atom. The largest absolute Gasteiger partial charge is 0.573 e. The Balaban J connectivity index is 2.23. The molecule has 3 nitrogen and oxygen atoms in total. The number of ether oxygens (including phenoxy) is 2. The number of nitrogens with two attached hydrogens (primary N) is 1. The lowest BCUT2D eigenvalue weighted by Crippen LogP contribution is -2.17. The fourth-order valence-electron chi connectivity index (χ4n) is 1.62. The lowest BCUT2D eigenvalue weighted by atomic mass is 10.2. The normalized spacial score (nSPS) is 11.3. The number of halogens is 4. The van der Waals surface area contributed by atoms with Gasteiger partial charge in [-0.25, -0.2) is 0 Å². The fourth-order valence-corrected chi connectivity index (χ4v) is 2.06. The Kier molecular flexibility index (Phi) is 4.32. The summed E-state index contributed by atoms with van der Waals surface area (Å²) in [5.41, 5.74) is 7.20. The minimum absolute atomic E-state index is 0.128. The van der Waals surface area contributed by atoms with Gasteiger partial charge in [0.1, 0.15) is 11.5 Å². The zero-order chi connectivity index (χ0) is 15.6. The first-order valence-corrected chi connectivity index (χ1v) is 6.64. The summed E-state index contributed by atoms with van der Waals surface area (Å²) in [6.45, 7) is 1.83.